The van der Waals surface area contributed by atoms with Crippen LogP contribution in [0.2, 0.25) is 0 Å². The molecule has 4 atom stereocenters. The number of piperazine rings is 2. The summed E-state index contributed by atoms with van der Waals surface area (Å²) in [6, 6.07) is 25.0. The Morgan fingerprint density at radius 1 is 0.737 bits per heavy atom. The van der Waals surface area contributed by atoms with Gasteiger partial charge in [0.1, 0.15) is 0 Å². The van der Waals surface area contributed by atoms with Crippen LogP contribution in [0.3, 0.4) is 0 Å². The molecule has 2 saturated heterocycles. The Morgan fingerprint density at radius 2 is 1.26 bits per heavy atom. The maximum Gasteiger partial charge on any atom is 0.0432 e. The van der Waals surface area contributed by atoms with E-state index in [1.54, 1.807) is 0 Å². The van der Waals surface area contributed by atoms with Crippen LogP contribution in [0.15, 0.2) is 66.7 Å². The van der Waals surface area contributed by atoms with Crippen molar-refractivity contribution in [2.24, 2.45) is 0 Å². The van der Waals surface area contributed by atoms with Crippen LogP contribution in [0.5, 0.6) is 0 Å². The number of nitrogens with one attached hydrogen (secondary N) is 4. The van der Waals surface area contributed by atoms with Crippen LogP contribution in [0.25, 0.3) is 22.3 Å². The monoisotopic (exact) mass is 546 g/mol. The van der Waals surface area contributed by atoms with Crippen LogP contribution < -0.4 is 21.3 Å². The second-order valence-corrected chi connectivity index (χ2v) is 13.1. The summed E-state index contributed by atoms with van der Waals surface area (Å²) >= 11 is 0. The number of hydrogen-bond acceptors (Lipinski definition) is 4. The quantitative estimate of drug-likeness (QED) is 0.333. The highest BCUT2D eigenvalue weighted by Crippen LogP contribution is 2.52. The van der Waals surface area contributed by atoms with Gasteiger partial charge in [-0.2, -0.15) is 0 Å². The summed E-state index contributed by atoms with van der Waals surface area (Å²) in [5, 5.41) is 15.1. The lowest BCUT2D eigenvalue weighted by molar-refractivity contribution is 0.253. The van der Waals surface area contributed by atoms with Gasteiger partial charge in [0.2, 0.25) is 0 Å². The molecule has 3 aromatic carbocycles. The summed E-state index contributed by atoms with van der Waals surface area (Å²) in [5.74, 6) is 0. The van der Waals surface area contributed by atoms with Crippen molar-refractivity contribution in [1.82, 2.24) is 21.3 Å². The van der Waals surface area contributed by atoms with Gasteiger partial charge in [-0.05, 0) is 56.6 Å². The van der Waals surface area contributed by atoms with E-state index in [-0.39, 0.29) is 22.7 Å². The third-order valence-electron chi connectivity index (χ3n) is 8.19. The van der Waals surface area contributed by atoms with Gasteiger partial charge in [-0.3, -0.25) is 0 Å². The van der Waals surface area contributed by atoms with Crippen molar-refractivity contribution in [2.45, 2.75) is 49.6 Å². The molecule has 0 amide bonds. The molecule has 3 aromatic rings. The summed E-state index contributed by atoms with van der Waals surface area (Å²) < 4.78 is 0. The van der Waals surface area contributed by atoms with Crippen LogP contribution in [-0.4, -0.2) is 51.4 Å². The minimum absolute atomic E-state index is 0.0775. The standard InChI is InChI=1S/C32H44N4P2/c1-31(2,3)30-28(23-12-8-5-9-13-23)25(22-10-6-4-7-11-22)18-24(21-37)29(30)32(38,26-19-33-14-16-35-26)27-20-34-15-17-36-27/h4-13,18,26-27,33-36H,14-17,19-21,37-38H2,1-3H3. The fraction of sp³-hybridized carbons (Fsp3) is 0.438. The molecular weight excluding hydrogens is 502 g/mol. The summed E-state index contributed by atoms with van der Waals surface area (Å²) in [4.78, 5) is 0. The minimum Gasteiger partial charge on any atom is -0.314 e. The van der Waals surface area contributed by atoms with Gasteiger partial charge in [0, 0.05) is 56.5 Å². The van der Waals surface area contributed by atoms with Crippen LogP contribution >= 0.6 is 18.5 Å². The second kappa shape index (κ2) is 11.8. The van der Waals surface area contributed by atoms with E-state index >= 15 is 0 Å². The van der Waals surface area contributed by atoms with Crippen molar-refractivity contribution in [1.29, 1.82) is 0 Å². The molecule has 5 rings (SSSR count). The van der Waals surface area contributed by atoms with E-state index in [9.17, 15) is 0 Å². The third-order valence-corrected chi connectivity index (χ3v) is 9.73. The third kappa shape index (κ3) is 5.37. The van der Waals surface area contributed by atoms with E-state index in [4.69, 9.17) is 0 Å². The van der Waals surface area contributed by atoms with Crippen LogP contribution in [-0.2, 0) is 16.7 Å². The molecule has 0 aliphatic carbocycles. The van der Waals surface area contributed by atoms with E-state index in [1.807, 2.05) is 0 Å². The zero-order valence-corrected chi connectivity index (χ0v) is 25.4. The molecule has 2 fully saturated rings. The lowest BCUT2D eigenvalue weighted by atomic mass is 9.68. The average molecular weight is 547 g/mol. The molecule has 4 unspecified atom stereocenters. The molecule has 0 radical (unpaired) electrons. The summed E-state index contributed by atoms with van der Waals surface area (Å²) in [6.45, 7) is 13.1. The summed E-state index contributed by atoms with van der Waals surface area (Å²) in [7, 11) is 6.46. The van der Waals surface area contributed by atoms with Crippen LogP contribution in [0, 0.1) is 0 Å². The summed E-state index contributed by atoms with van der Waals surface area (Å²) in [5.41, 5.74) is 9.50. The fourth-order valence-electron chi connectivity index (χ4n) is 6.47. The lowest BCUT2D eigenvalue weighted by Crippen LogP contribution is -2.67. The molecule has 202 valence electrons. The first-order chi connectivity index (χ1) is 18.4. The Kier molecular flexibility index (Phi) is 8.70. The highest BCUT2D eigenvalue weighted by Gasteiger charge is 2.48. The van der Waals surface area contributed by atoms with Crippen molar-refractivity contribution in [3.8, 4) is 22.3 Å². The van der Waals surface area contributed by atoms with E-state index in [1.165, 1.54) is 38.9 Å². The Bertz CT molecular complexity index is 1190. The molecule has 2 heterocycles. The number of benzene rings is 3. The van der Waals surface area contributed by atoms with Crippen molar-refractivity contribution >= 4 is 18.5 Å². The second-order valence-electron chi connectivity index (χ2n) is 11.7. The molecule has 2 aliphatic heterocycles. The van der Waals surface area contributed by atoms with Crippen LogP contribution in [0.1, 0.15) is 37.5 Å². The molecule has 4 nitrogen and oxygen atoms in total. The lowest BCUT2D eigenvalue weighted by Gasteiger charge is -2.50. The molecule has 4 N–H and O–H groups in total. The molecule has 0 aromatic heterocycles. The summed E-state index contributed by atoms with van der Waals surface area (Å²) in [6.07, 6.45) is 0.907. The minimum atomic E-state index is -0.214. The van der Waals surface area contributed by atoms with Gasteiger partial charge in [0.05, 0.1) is 0 Å². The van der Waals surface area contributed by atoms with Crippen molar-refractivity contribution < 1.29 is 0 Å². The van der Waals surface area contributed by atoms with Crippen LogP contribution in [0.4, 0.5) is 0 Å². The molecule has 0 bridgehead atoms. The Labute approximate surface area is 234 Å². The highest BCUT2D eigenvalue weighted by atomic mass is 31.0. The van der Waals surface area contributed by atoms with Crippen molar-refractivity contribution in [2.75, 3.05) is 39.3 Å². The molecule has 38 heavy (non-hydrogen) atoms. The predicted octanol–water partition coefficient (Wildman–Crippen LogP) is 4.89. The first-order valence-corrected chi connectivity index (χ1v) is 15.4. The SMILES string of the molecule is CC(C)(C)c1c(-c2ccccc2)c(-c2ccccc2)cc(CP)c1C(P)(C1CNCCN1)C1CNCCN1. The largest absolute Gasteiger partial charge is 0.314 e. The van der Waals surface area contributed by atoms with Gasteiger partial charge >= 0.3 is 0 Å². The Balaban J connectivity index is 1.89. The Morgan fingerprint density at radius 3 is 1.71 bits per heavy atom. The number of rotatable bonds is 6. The van der Waals surface area contributed by atoms with Gasteiger partial charge in [0.15, 0.2) is 0 Å². The van der Waals surface area contributed by atoms with Gasteiger partial charge in [-0.1, -0.05) is 81.4 Å². The predicted molar refractivity (Wildman–Crippen MR) is 170 cm³/mol. The first-order valence-electron chi connectivity index (χ1n) is 14.0. The smallest absolute Gasteiger partial charge is 0.0432 e. The van der Waals surface area contributed by atoms with Gasteiger partial charge < -0.3 is 21.3 Å². The number of hydrogen-bond donors (Lipinski definition) is 4. The van der Waals surface area contributed by atoms with Gasteiger partial charge in [0.25, 0.3) is 0 Å². The normalized spacial score (nSPS) is 22.1. The molecule has 0 saturated carbocycles. The van der Waals surface area contributed by atoms with E-state index in [2.05, 4.69) is 127 Å². The van der Waals surface area contributed by atoms with E-state index < -0.39 is 0 Å². The Hall–Kier alpha value is -1.64. The first kappa shape index (κ1) is 27.9. The average Bonchev–Trinajstić information content (AvgIpc) is 2.97. The highest BCUT2D eigenvalue weighted by molar-refractivity contribution is 7.19. The topological polar surface area (TPSA) is 48.1 Å². The molecular formula is C32H44N4P2. The molecule has 6 heteroatoms. The molecule has 2 aliphatic rings. The maximum absolute atomic E-state index is 3.93. The van der Waals surface area contributed by atoms with E-state index in [0.717, 1.165) is 45.4 Å². The van der Waals surface area contributed by atoms with Crippen molar-refractivity contribution in [3.63, 3.8) is 0 Å². The zero-order valence-electron chi connectivity index (χ0n) is 23.1. The zero-order chi connectivity index (χ0) is 26.8. The maximum atomic E-state index is 3.93. The molecule has 0 spiro atoms. The van der Waals surface area contributed by atoms with Gasteiger partial charge in [-0.15, -0.1) is 18.5 Å². The van der Waals surface area contributed by atoms with Crippen molar-refractivity contribution in [3.05, 3.63) is 83.4 Å². The van der Waals surface area contributed by atoms with Gasteiger partial charge in [-0.25, -0.2) is 0 Å². The van der Waals surface area contributed by atoms with E-state index in [0.29, 0.717) is 0 Å². The fourth-order valence-corrected chi connectivity index (χ4v) is 7.59.